The molecule has 19 heavy (non-hydrogen) atoms. The van der Waals surface area contributed by atoms with Gasteiger partial charge in [0.25, 0.3) is 0 Å². The Morgan fingerprint density at radius 3 is 2.47 bits per heavy atom. The number of nitrogens with zero attached hydrogens (tertiary/aromatic N) is 1. The minimum absolute atomic E-state index is 0.546. The van der Waals surface area contributed by atoms with Gasteiger partial charge in [0.15, 0.2) is 0 Å². The molecule has 1 fully saturated rings. The lowest BCUT2D eigenvalue weighted by Crippen LogP contribution is -2.12. The lowest BCUT2D eigenvalue weighted by Gasteiger charge is -2.09. The highest BCUT2D eigenvalue weighted by atomic mass is 32.1. The van der Waals surface area contributed by atoms with Crippen molar-refractivity contribution in [3.8, 4) is 0 Å². The molecule has 1 aliphatic rings. The first-order chi connectivity index (χ1) is 9.22. The van der Waals surface area contributed by atoms with Crippen LogP contribution in [-0.4, -0.2) is 11.5 Å². The van der Waals surface area contributed by atoms with Gasteiger partial charge in [-0.15, -0.1) is 11.3 Å². The maximum atomic E-state index is 5.01. The highest BCUT2D eigenvalue weighted by Gasteiger charge is 2.21. The van der Waals surface area contributed by atoms with Gasteiger partial charge in [-0.3, -0.25) is 0 Å². The van der Waals surface area contributed by atoms with Crippen LogP contribution < -0.4 is 5.32 Å². The molecular formula is C16H28N2S. The third-order valence-corrected chi connectivity index (χ3v) is 5.26. The fourth-order valence-corrected chi connectivity index (χ4v) is 4.26. The van der Waals surface area contributed by atoms with E-state index in [1.807, 2.05) is 11.3 Å². The van der Waals surface area contributed by atoms with Crippen molar-refractivity contribution >= 4 is 11.3 Å². The zero-order valence-electron chi connectivity index (χ0n) is 12.7. The second kappa shape index (κ2) is 7.39. The standard InChI is InChI=1S/C16H28N2S/c1-4-17-11-14-15(12(2)3)18-16(19-14)13-9-7-5-6-8-10-13/h12-13,17H,4-11H2,1-3H3. The van der Waals surface area contributed by atoms with Crippen LogP contribution in [0.5, 0.6) is 0 Å². The van der Waals surface area contributed by atoms with E-state index < -0.39 is 0 Å². The second-order valence-corrected chi connectivity index (χ2v) is 7.10. The fourth-order valence-electron chi connectivity index (χ4n) is 2.90. The summed E-state index contributed by atoms with van der Waals surface area (Å²) in [5.74, 6) is 1.28. The van der Waals surface area contributed by atoms with Gasteiger partial charge in [0, 0.05) is 17.3 Å². The molecule has 1 aliphatic carbocycles. The molecule has 1 heterocycles. The van der Waals surface area contributed by atoms with Crippen LogP contribution in [0, 0.1) is 0 Å². The molecule has 1 N–H and O–H groups in total. The summed E-state index contributed by atoms with van der Waals surface area (Å²) in [5, 5.41) is 4.87. The average molecular weight is 280 g/mol. The summed E-state index contributed by atoms with van der Waals surface area (Å²) < 4.78 is 0. The van der Waals surface area contributed by atoms with Crippen molar-refractivity contribution in [1.82, 2.24) is 10.3 Å². The van der Waals surface area contributed by atoms with Crippen molar-refractivity contribution in [3.63, 3.8) is 0 Å². The molecule has 2 rings (SSSR count). The molecule has 0 radical (unpaired) electrons. The van der Waals surface area contributed by atoms with Gasteiger partial charge in [-0.05, 0) is 25.3 Å². The van der Waals surface area contributed by atoms with E-state index in [1.54, 1.807) is 0 Å². The molecule has 1 aromatic rings. The van der Waals surface area contributed by atoms with E-state index in [2.05, 4.69) is 26.1 Å². The summed E-state index contributed by atoms with van der Waals surface area (Å²) >= 11 is 1.97. The molecule has 0 saturated heterocycles. The molecule has 2 nitrogen and oxygen atoms in total. The third kappa shape index (κ3) is 4.03. The maximum absolute atomic E-state index is 5.01. The highest BCUT2D eigenvalue weighted by Crippen LogP contribution is 2.36. The van der Waals surface area contributed by atoms with Crippen LogP contribution in [0.15, 0.2) is 0 Å². The van der Waals surface area contributed by atoms with Gasteiger partial charge in [0.1, 0.15) is 0 Å². The van der Waals surface area contributed by atoms with Crippen LogP contribution in [0.4, 0.5) is 0 Å². The topological polar surface area (TPSA) is 24.9 Å². The molecule has 0 spiro atoms. The average Bonchev–Trinajstić information content (AvgIpc) is 2.63. The van der Waals surface area contributed by atoms with E-state index in [9.17, 15) is 0 Å². The normalized spacial score (nSPS) is 17.9. The van der Waals surface area contributed by atoms with Crippen LogP contribution in [-0.2, 0) is 6.54 Å². The monoisotopic (exact) mass is 280 g/mol. The summed E-state index contributed by atoms with van der Waals surface area (Å²) in [6, 6.07) is 0. The van der Waals surface area contributed by atoms with E-state index in [4.69, 9.17) is 4.98 Å². The van der Waals surface area contributed by atoms with Gasteiger partial charge >= 0.3 is 0 Å². The molecule has 3 heteroatoms. The van der Waals surface area contributed by atoms with Crippen molar-refractivity contribution in [2.45, 2.75) is 77.7 Å². The molecule has 0 amide bonds. The molecule has 108 valence electrons. The van der Waals surface area contributed by atoms with Gasteiger partial charge in [0.2, 0.25) is 0 Å². The van der Waals surface area contributed by atoms with Crippen molar-refractivity contribution in [1.29, 1.82) is 0 Å². The molecule has 0 bridgehead atoms. The molecule has 0 aromatic carbocycles. The smallest absolute Gasteiger partial charge is 0.0962 e. The van der Waals surface area contributed by atoms with E-state index >= 15 is 0 Å². The van der Waals surface area contributed by atoms with E-state index in [0.717, 1.165) is 19.0 Å². The molecule has 1 aromatic heterocycles. The molecule has 0 atom stereocenters. The van der Waals surface area contributed by atoms with Crippen molar-refractivity contribution in [3.05, 3.63) is 15.6 Å². The lowest BCUT2D eigenvalue weighted by molar-refractivity contribution is 0.586. The molecule has 1 saturated carbocycles. The first-order valence-corrected chi connectivity index (χ1v) is 8.74. The van der Waals surface area contributed by atoms with Crippen LogP contribution in [0.3, 0.4) is 0 Å². The summed E-state index contributed by atoms with van der Waals surface area (Å²) in [6.45, 7) is 8.73. The minimum atomic E-state index is 0.546. The van der Waals surface area contributed by atoms with Gasteiger partial charge < -0.3 is 5.32 Å². The third-order valence-electron chi connectivity index (χ3n) is 4.03. The first-order valence-electron chi connectivity index (χ1n) is 7.92. The van der Waals surface area contributed by atoms with Gasteiger partial charge in [-0.25, -0.2) is 4.98 Å². The Kier molecular flexibility index (Phi) is 5.83. The summed E-state index contributed by atoms with van der Waals surface area (Å²) in [4.78, 5) is 6.48. The highest BCUT2D eigenvalue weighted by molar-refractivity contribution is 7.11. The van der Waals surface area contributed by atoms with Gasteiger partial charge in [0.05, 0.1) is 10.7 Å². The van der Waals surface area contributed by atoms with Gasteiger partial charge in [-0.1, -0.05) is 46.5 Å². The maximum Gasteiger partial charge on any atom is 0.0962 e. The van der Waals surface area contributed by atoms with Crippen molar-refractivity contribution in [2.75, 3.05) is 6.54 Å². The van der Waals surface area contributed by atoms with Crippen molar-refractivity contribution in [2.24, 2.45) is 0 Å². The minimum Gasteiger partial charge on any atom is -0.312 e. The zero-order valence-corrected chi connectivity index (χ0v) is 13.5. The summed E-state index contributed by atoms with van der Waals surface area (Å²) in [6.07, 6.45) is 8.33. The van der Waals surface area contributed by atoms with Crippen LogP contribution >= 0.6 is 11.3 Å². The Labute approximate surface area is 122 Å². The largest absolute Gasteiger partial charge is 0.312 e. The lowest BCUT2D eigenvalue weighted by atomic mass is 10.0. The van der Waals surface area contributed by atoms with Crippen LogP contribution in [0.2, 0.25) is 0 Å². The van der Waals surface area contributed by atoms with E-state index in [1.165, 1.54) is 54.1 Å². The SMILES string of the molecule is CCNCc1sc(C2CCCCCC2)nc1C(C)C. The molecule has 0 aliphatic heterocycles. The Hall–Kier alpha value is -0.410. The predicted molar refractivity (Wildman–Crippen MR) is 84.0 cm³/mol. The number of rotatable bonds is 5. The summed E-state index contributed by atoms with van der Waals surface area (Å²) in [5.41, 5.74) is 1.34. The first kappa shape index (κ1) is 15.0. The quantitative estimate of drug-likeness (QED) is 0.783. The molecular weight excluding hydrogens is 252 g/mol. The van der Waals surface area contributed by atoms with E-state index in [-0.39, 0.29) is 0 Å². The number of thiazole rings is 1. The number of aromatic nitrogens is 1. The Morgan fingerprint density at radius 2 is 1.89 bits per heavy atom. The number of hydrogen-bond donors (Lipinski definition) is 1. The predicted octanol–water partition coefficient (Wildman–Crippen LogP) is 4.81. The van der Waals surface area contributed by atoms with Crippen molar-refractivity contribution < 1.29 is 0 Å². The Morgan fingerprint density at radius 1 is 1.21 bits per heavy atom. The number of nitrogens with one attached hydrogen (secondary N) is 1. The fraction of sp³-hybridized carbons (Fsp3) is 0.812. The van der Waals surface area contributed by atoms with E-state index in [0.29, 0.717) is 5.92 Å². The second-order valence-electron chi connectivity index (χ2n) is 5.98. The zero-order chi connectivity index (χ0) is 13.7. The molecule has 0 unspecified atom stereocenters. The summed E-state index contributed by atoms with van der Waals surface area (Å²) in [7, 11) is 0. The van der Waals surface area contributed by atoms with Crippen LogP contribution in [0.1, 0.15) is 86.7 Å². The van der Waals surface area contributed by atoms with Crippen LogP contribution in [0.25, 0.3) is 0 Å². The van der Waals surface area contributed by atoms with Gasteiger partial charge in [-0.2, -0.15) is 0 Å². The Balaban J connectivity index is 2.15. The number of hydrogen-bond acceptors (Lipinski definition) is 3. The Bertz CT molecular complexity index is 376.